The second-order valence-corrected chi connectivity index (χ2v) is 2.52. The molecule has 0 rings (SSSR count). The Balaban J connectivity index is 3.30. The Labute approximate surface area is 63.0 Å². The van der Waals surface area contributed by atoms with Crippen molar-refractivity contribution in [2.75, 3.05) is 14.1 Å². The van der Waals surface area contributed by atoms with Crippen molar-refractivity contribution in [3.63, 3.8) is 0 Å². The van der Waals surface area contributed by atoms with Gasteiger partial charge in [0.2, 0.25) is 0 Å². The molecule has 0 aliphatic rings. The molecule has 0 aliphatic heterocycles. The predicted octanol–water partition coefficient (Wildman–Crippen LogP) is 1.88. The monoisotopic (exact) mass is 140 g/mol. The second-order valence-electron chi connectivity index (χ2n) is 2.52. The first kappa shape index (κ1) is 9.21. The van der Waals surface area contributed by atoms with Gasteiger partial charge in [0.1, 0.15) is 0 Å². The fourth-order valence-electron chi connectivity index (χ4n) is 0.637. The fourth-order valence-corrected chi connectivity index (χ4v) is 0.637. The molecule has 0 saturated carbocycles. The zero-order valence-electron chi connectivity index (χ0n) is 6.85. The van der Waals surface area contributed by atoms with Crippen LogP contribution in [0.15, 0.2) is 12.7 Å². The number of hydrogen-bond acceptors (Lipinski definition) is 1. The minimum Gasteiger partial charge on any atom is -0.367 e. The molecule has 10 heavy (non-hydrogen) atoms. The van der Waals surface area contributed by atoms with E-state index in [-0.39, 0.29) is 0 Å². The van der Waals surface area contributed by atoms with Crippen LogP contribution < -0.4 is 0 Å². The van der Waals surface area contributed by atoms with E-state index in [1.165, 1.54) is 0 Å². The zero-order chi connectivity index (χ0) is 7.98. The molecule has 0 aliphatic carbocycles. The van der Waals surface area contributed by atoms with Crippen LogP contribution in [0.25, 0.3) is 0 Å². The van der Waals surface area contributed by atoms with E-state index in [1.807, 2.05) is 25.1 Å². The predicted molar refractivity (Wildman–Crippen MR) is 45.5 cm³/mol. The first-order valence-corrected chi connectivity index (χ1v) is 3.54. The Morgan fingerprint density at radius 1 is 1.60 bits per heavy atom. The molecule has 0 radical (unpaired) electrons. The number of nitrogens with zero attached hydrogens (tertiary/aromatic N) is 1. The van der Waals surface area contributed by atoms with Gasteiger partial charge in [0, 0.05) is 20.5 Å². The van der Waals surface area contributed by atoms with Gasteiger partial charge in [-0.2, -0.15) is 0 Å². The Hall–Kier alpha value is -0.790. The first-order chi connectivity index (χ1) is 4.68. The Morgan fingerprint density at radius 3 is 2.60 bits per heavy atom. The van der Waals surface area contributed by atoms with E-state index in [1.54, 1.807) is 0 Å². The summed E-state index contributed by atoms with van der Waals surface area (Å²) in [6, 6.07) is 0. The molecule has 0 heterocycles. The number of hydrogen-bond donors (Lipinski definition) is 1. The zero-order valence-corrected chi connectivity index (χ0v) is 6.85. The Morgan fingerprint density at radius 2 is 2.20 bits per heavy atom. The molecule has 0 atom stereocenters. The van der Waals surface area contributed by atoms with E-state index in [0.717, 1.165) is 19.3 Å². The number of rotatable bonds is 4. The van der Waals surface area contributed by atoms with Crippen LogP contribution in [0.1, 0.15) is 19.3 Å². The van der Waals surface area contributed by atoms with Crippen LogP contribution >= 0.6 is 0 Å². The third-order valence-corrected chi connectivity index (χ3v) is 1.36. The maximum Gasteiger partial charge on any atom is 0.0952 e. The molecule has 0 aromatic heterocycles. The smallest absolute Gasteiger partial charge is 0.0952 e. The number of nitrogens with one attached hydrogen (secondary N) is 1. The molecule has 2 heteroatoms. The Bertz CT molecular complexity index is 116. The van der Waals surface area contributed by atoms with E-state index in [9.17, 15) is 0 Å². The van der Waals surface area contributed by atoms with Crippen molar-refractivity contribution in [2.45, 2.75) is 19.3 Å². The van der Waals surface area contributed by atoms with E-state index in [2.05, 4.69) is 6.58 Å². The van der Waals surface area contributed by atoms with Crippen LogP contribution in [0, 0.1) is 5.41 Å². The second kappa shape index (κ2) is 5.03. The SMILES string of the molecule is C=CCCCC(=N)N(C)C. The molecular formula is C8H16N2. The molecule has 0 aromatic carbocycles. The van der Waals surface area contributed by atoms with Crippen LogP contribution in [0.2, 0.25) is 0 Å². The lowest BCUT2D eigenvalue weighted by molar-refractivity contribution is 0.592. The summed E-state index contributed by atoms with van der Waals surface area (Å²) in [6.07, 6.45) is 4.80. The summed E-state index contributed by atoms with van der Waals surface area (Å²) in [5, 5.41) is 7.41. The molecule has 0 aromatic rings. The number of amidine groups is 1. The summed E-state index contributed by atoms with van der Waals surface area (Å²) in [7, 11) is 3.80. The molecule has 1 N–H and O–H groups in total. The summed E-state index contributed by atoms with van der Waals surface area (Å²) in [4.78, 5) is 1.84. The highest BCUT2D eigenvalue weighted by molar-refractivity contribution is 5.78. The summed E-state index contributed by atoms with van der Waals surface area (Å²) in [5.41, 5.74) is 0. The lowest BCUT2D eigenvalue weighted by atomic mass is 10.2. The molecule has 0 unspecified atom stereocenters. The Kier molecular flexibility index (Phi) is 4.63. The lowest BCUT2D eigenvalue weighted by Crippen LogP contribution is -2.20. The highest BCUT2D eigenvalue weighted by atomic mass is 15.1. The van der Waals surface area contributed by atoms with Gasteiger partial charge in [0.15, 0.2) is 0 Å². The molecule has 0 bridgehead atoms. The van der Waals surface area contributed by atoms with Crippen LogP contribution in [-0.4, -0.2) is 24.8 Å². The van der Waals surface area contributed by atoms with Gasteiger partial charge in [0.05, 0.1) is 5.84 Å². The van der Waals surface area contributed by atoms with Crippen LogP contribution in [-0.2, 0) is 0 Å². The fraction of sp³-hybridized carbons (Fsp3) is 0.625. The highest BCUT2D eigenvalue weighted by Crippen LogP contribution is 1.97. The third-order valence-electron chi connectivity index (χ3n) is 1.36. The van der Waals surface area contributed by atoms with E-state index in [4.69, 9.17) is 5.41 Å². The topological polar surface area (TPSA) is 27.1 Å². The van der Waals surface area contributed by atoms with Gasteiger partial charge in [-0.25, -0.2) is 0 Å². The molecule has 2 nitrogen and oxygen atoms in total. The van der Waals surface area contributed by atoms with Gasteiger partial charge in [-0.1, -0.05) is 6.08 Å². The van der Waals surface area contributed by atoms with Gasteiger partial charge in [-0.3, -0.25) is 5.41 Å². The maximum absolute atomic E-state index is 7.41. The molecule has 0 amide bonds. The first-order valence-electron chi connectivity index (χ1n) is 3.54. The van der Waals surface area contributed by atoms with Gasteiger partial charge in [-0.15, -0.1) is 6.58 Å². The van der Waals surface area contributed by atoms with Crippen molar-refractivity contribution in [1.29, 1.82) is 5.41 Å². The maximum atomic E-state index is 7.41. The molecule has 0 saturated heterocycles. The number of allylic oxidation sites excluding steroid dienone is 1. The van der Waals surface area contributed by atoms with Gasteiger partial charge in [0.25, 0.3) is 0 Å². The summed E-state index contributed by atoms with van der Waals surface area (Å²) >= 11 is 0. The van der Waals surface area contributed by atoms with E-state index in [0.29, 0.717) is 5.84 Å². The van der Waals surface area contributed by atoms with E-state index < -0.39 is 0 Å². The van der Waals surface area contributed by atoms with Gasteiger partial charge < -0.3 is 4.90 Å². The average Bonchev–Trinajstić information content (AvgIpc) is 1.88. The van der Waals surface area contributed by atoms with E-state index >= 15 is 0 Å². The minimum absolute atomic E-state index is 0.696. The summed E-state index contributed by atoms with van der Waals surface area (Å²) < 4.78 is 0. The van der Waals surface area contributed by atoms with Crippen molar-refractivity contribution < 1.29 is 0 Å². The summed E-state index contributed by atoms with van der Waals surface area (Å²) in [6.45, 7) is 3.62. The van der Waals surface area contributed by atoms with Crippen molar-refractivity contribution in [2.24, 2.45) is 0 Å². The molecular weight excluding hydrogens is 124 g/mol. The largest absolute Gasteiger partial charge is 0.367 e. The molecule has 0 fully saturated rings. The van der Waals surface area contributed by atoms with Gasteiger partial charge >= 0.3 is 0 Å². The van der Waals surface area contributed by atoms with Crippen LogP contribution in [0.3, 0.4) is 0 Å². The third kappa shape index (κ3) is 4.13. The van der Waals surface area contributed by atoms with Gasteiger partial charge in [-0.05, 0) is 12.8 Å². The van der Waals surface area contributed by atoms with Crippen molar-refractivity contribution in [1.82, 2.24) is 4.90 Å². The van der Waals surface area contributed by atoms with Crippen LogP contribution in [0.4, 0.5) is 0 Å². The standard InChI is InChI=1S/C8H16N2/c1-4-5-6-7-8(9)10(2)3/h4,9H,1,5-7H2,2-3H3. The lowest BCUT2D eigenvalue weighted by Gasteiger charge is -2.12. The van der Waals surface area contributed by atoms with Crippen molar-refractivity contribution in [3.8, 4) is 0 Å². The quantitative estimate of drug-likeness (QED) is 0.274. The van der Waals surface area contributed by atoms with Crippen molar-refractivity contribution in [3.05, 3.63) is 12.7 Å². The minimum atomic E-state index is 0.696. The number of unbranched alkanes of at least 4 members (excludes halogenated alkanes) is 1. The molecule has 58 valence electrons. The normalized spacial score (nSPS) is 9.00. The highest BCUT2D eigenvalue weighted by Gasteiger charge is 1.95. The van der Waals surface area contributed by atoms with Crippen LogP contribution in [0.5, 0.6) is 0 Å². The summed E-state index contributed by atoms with van der Waals surface area (Å²) in [5.74, 6) is 0.696. The average molecular weight is 140 g/mol. The van der Waals surface area contributed by atoms with Crippen molar-refractivity contribution >= 4 is 5.84 Å². The molecule has 0 spiro atoms.